The molecule has 7 heteroatoms. The lowest BCUT2D eigenvalue weighted by molar-refractivity contribution is -0.114. The molecule has 1 aliphatic heterocycles. The van der Waals surface area contributed by atoms with E-state index >= 15 is 0 Å². The summed E-state index contributed by atoms with van der Waals surface area (Å²) in [5.41, 5.74) is 1.24. The normalized spacial score (nSPS) is 12.6. The standard InChI is InChI=1S/C20H19NO6/c1-13(22)21-16-6-3-14(4-7-16)20(24)27-12-17(23)15-5-8-18-19(11-15)26-10-2-9-25-18/h3-8,11H,2,9-10,12H2,1H3,(H,21,22). The van der Waals surface area contributed by atoms with Crippen molar-refractivity contribution in [1.82, 2.24) is 0 Å². The summed E-state index contributed by atoms with van der Waals surface area (Å²) in [6.07, 6.45) is 0.774. The first kappa shape index (κ1) is 18.4. The van der Waals surface area contributed by atoms with Gasteiger partial charge in [0, 0.05) is 24.6 Å². The van der Waals surface area contributed by atoms with Gasteiger partial charge in [-0.2, -0.15) is 0 Å². The first-order valence-electron chi connectivity index (χ1n) is 8.50. The number of ether oxygens (including phenoxy) is 3. The van der Waals surface area contributed by atoms with Crippen LogP contribution in [0.15, 0.2) is 42.5 Å². The molecule has 140 valence electrons. The average Bonchev–Trinajstić information content (AvgIpc) is 2.90. The Morgan fingerprint density at radius 3 is 2.33 bits per heavy atom. The number of ketones is 1. The third-order valence-electron chi connectivity index (χ3n) is 3.84. The number of esters is 1. The minimum atomic E-state index is -0.618. The predicted molar refractivity (Wildman–Crippen MR) is 97.4 cm³/mol. The van der Waals surface area contributed by atoms with Crippen LogP contribution in [0, 0.1) is 0 Å². The van der Waals surface area contributed by atoms with Gasteiger partial charge < -0.3 is 19.5 Å². The zero-order chi connectivity index (χ0) is 19.2. The van der Waals surface area contributed by atoms with Crippen molar-refractivity contribution < 1.29 is 28.6 Å². The van der Waals surface area contributed by atoms with E-state index < -0.39 is 5.97 Å². The van der Waals surface area contributed by atoms with Gasteiger partial charge in [0.1, 0.15) is 0 Å². The highest BCUT2D eigenvalue weighted by molar-refractivity contribution is 6.00. The van der Waals surface area contributed by atoms with E-state index in [-0.39, 0.29) is 23.9 Å². The highest BCUT2D eigenvalue weighted by Crippen LogP contribution is 2.30. The molecule has 0 spiro atoms. The van der Waals surface area contributed by atoms with E-state index in [1.165, 1.54) is 19.1 Å². The third-order valence-corrected chi connectivity index (χ3v) is 3.84. The lowest BCUT2D eigenvalue weighted by Crippen LogP contribution is -2.14. The molecule has 0 saturated carbocycles. The maximum absolute atomic E-state index is 12.3. The fourth-order valence-electron chi connectivity index (χ4n) is 2.53. The monoisotopic (exact) mass is 369 g/mol. The summed E-state index contributed by atoms with van der Waals surface area (Å²) in [6.45, 7) is 2.10. The Labute approximate surface area is 156 Å². The van der Waals surface area contributed by atoms with Crippen LogP contribution in [0.2, 0.25) is 0 Å². The van der Waals surface area contributed by atoms with Gasteiger partial charge in [-0.1, -0.05) is 0 Å². The summed E-state index contributed by atoms with van der Waals surface area (Å²) in [7, 11) is 0. The van der Waals surface area contributed by atoms with Crippen LogP contribution in [0.25, 0.3) is 0 Å². The highest BCUT2D eigenvalue weighted by atomic mass is 16.5. The van der Waals surface area contributed by atoms with Gasteiger partial charge in [-0.05, 0) is 42.5 Å². The Hall–Kier alpha value is -3.35. The first-order chi connectivity index (χ1) is 13.0. The van der Waals surface area contributed by atoms with Crippen molar-refractivity contribution in [3.8, 4) is 11.5 Å². The molecule has 1 aliphatic rings. The van der Waals surface area contributed by atoms with Crippen molar-refractivity contribution in [2.75, 3.05) is 25.1 Å². The van der Waals surface area contributed by atoms with E-state index in [1.54, 1.807) is 30.3 Å². The topological polar surface area (TPSA) is 90.9 Å². The summed E-state index contributed by atoms with van der Waals surface area (Å²) in [4.78, 5) is 35.4. The average molecular weight is 369 g/mol. The summed E-state index contributed by atoms with van der Waals surface area (Å²) in [5.74, 6) is -0.0504. The number of fused-ring (bicyclic) bond motifs is 1. The zero-order valence-electron chi connectivity index (χ0n) is 14.8. The second-order valence-corrected chi connectivity index (χ2v) is 5.97. The van der Waals surface area contributed by atoms with Crippen molar-refractivity contribution >= 4 is 23.3 Å². The fourth-order valence-corrected chi connectivity index (χ4v) is 2.53. The van der Waals surface area contributed by atoms with E-state index in [9.17, 15) is 14.4 Å². The van der Waals surface area contributed by atoms with Gasteiger partial charge in [-0.3, -0.25) is 9.59 Å². The highest BCUT2D eigenvalue weighted by Gasteiger charge is 2.16. The molecule has 7 nitrogen and oxygen atoms in total. The maximum Gasteiger partial charge on any atom is 0.338 e. The molecular formula is C20H19NO6. The number of carbonyl (C=O) groups is 3. The largest absolute Gasteiger partial charge is 0.490 e. The number of rotatable bonds is 5. The van der Waals surface area contributed by atoms with Gasteiger partial charge >= 0.3 is 5.97 Å². The molecule has 3 rings (SSSR count). The third kappa shape index (κ3) is 4.84. The second kappa shape index (κ2) is 8.35. The Bertz CT molecular complexity index is 859. The fraction of sp³-hybridized carbons (Fsp3) is 0.250. The van der Waals surface area contributed by atoms with Crippen LogP contribution in [0.3, 0.4) is 0 Å². The lowest BCUT2D eigenvalue weighted by Gasteiger charge is -2.09. The SMILES string of the molecule is CC(=O)Nc1ccc(C(=O)OCC(=O)c2ccc3c(c2)OCCCO3)cc1. The number of hydrogen-bond acceptors (Lipinski definition) is 6. The van der Waals surface area contributed by atoms with Crippen molar-refractivity contribution in [2.24, 2.45) is 0 Å². The molecule has 0 saturated heterocycles. The maximum atomic E-state index is 12.3. The summed E-state index contributed by atoms with van der Waals surface area (Å²) >= 11 is 0. The molecule has 0 bridgehead atoms. The Morgan fingerprint density at radius 2 is 1.63 bits per heavy atom. The molecule has 1 heterocycles. The van der Waals surface area contributed by atoms with Gasteiger partial charge in [0.05, 0.1) is 18.8 Å². The zero-order valence-corrected chi connectivity index (χ0v) is 14.8. The van der Waals surface area contributed by atoms with Gasteiger partial charge in [0.2, 0.25) is 5.91 Å². The quantitative estimate of drug-likeness (QED) is 0.644. The molecule has 0 unspecified atom stereocenters. The molecule has 1 amide bonds. The van der Waals surface area contributed by atoms with E-state index in [1.807, 2.05) is 0 Å². The minimum Gasteiger partial charge on any atom is -0.490 e. The minimum absolute atomic E-state index is 0.203. The van der Waals surface area contributed by atoms with Crippen molar-refractivity contribution in [2.45, 2.75) is 13.3 Å². The van der Waals surface area contributed by atoms with Crippen LogP contribution in [0.5, 0.6) is 11.5 Å². The number of carbonyl (C=O) groups excluding carboxylic acids is 3. The lowest BCUT2D eigenvalue weighted by atomic mass is 10.1. The molecule has 0 radical (unpaired) electrons. The number of amides is 1. The Morgan fingerprint density at radius 1 is 0.963 bits per heavy atom. The van der Waals surface area contributed by atoms with Crippen LogP contribution >= 0.6 is 0 Å². The molecule has 0 fully saturated rings. The van der Waals surface area contributed by atoms with Crippen molar-refractivity contribution in [1.29, 1.82) is 0 Å². The number of hydrogen-bond donors (Lipinski definition) is 1. The Balaban J connectivity index is 1.59. The van der Waals surface area contributed by atoms with Gasteiger partial charge in [0.15, 0.2) is 23.9 Å². The smallest absolute Gasteiger partial charge is 0.338 e. The van der Waals surface area contributed by atoms with E-state index in [0.717, 1.165) is 6.42 Å². The van der Waals surface area contributed by atoms with E-state index in [4.69, 9.17) is 14.2 Å². The molecule has 2 aromatic rings. The summed E-state index contributed by atoms with van der Waals surface area (Å²) < 4.78 is 16.2. The van der Waals surface area contributed by atoms with Crippen LogP contribution < -0.4 is 14.8 Å². The first-order valence-corrected chi connectivity index (χ1v) is 8.50. The van der Waals surface area contributed by atoms with E-state index in [2.05, 4.69) is 5.32 Å². The van der Waals surface area contributed by atoms with Crippen LogP contribution in [0.1, 0.15) is 34.1 Å². The molecule has 0 aliphatic carbocycles. The molecule has 1 N–H and O–H groups in total. The second-order valence-electron chi connectivity index (χ2n) is 5.97. The number of anilines is 1. The van der Waals surface area contributed by atoms with Crippen molar-refractivity contribution in [3.63, 3.8) is 0 Å². The Kier molecular flexibility index (Phi) is 5.71. The number of Topliss-reactive ketones (excluding diaryl/α,β-unsaturated/α-hetero) is 1. The molecule has 0 atom stereocenters. The molecule has 0 aromatic heterocycles. The number of benzene rings is 2. The molecule has 27 heavy (non-hydrogen) atoms. The molecule has 2 aromatic carbocycles. The predicted octanol–water partition coefficient (Wildman–Crippen LogP) is 2.85. The summed E-state index contributed by atoms with van der Waals surface area (Å²) in [6, 6.07) is 11.1. The van der Waals surface area contributed by atoms with E-state index in [0.29, 0.717) is 36.0 Å². The molecular weight excluding hydrogens is 350 g/mol. The van der Waals surface area contributed by atoms with Crippen LogP contribution in [-0.4, -0.2) is 37.5 Å². The number of nitrogens with one attached hydrogen (secondary N) is 1. The van der Waals surface area contributed by atoms with Gasteiger partial charge in [-0.25, -0.2) is 4.79 Å². The van der Waals surface area contributed by atoms with Crippen molar-refractivity contribution in [3.05, 3.63) is 53.6 Å². The van der Waals surface area contributed by atoms with Crippen LogP contribution in [-0.2, 0) is 9.53 Å². The van der Waals surface area contributed by atoms with Gasteiger partial charge in [0.25, 0.3) is 0 Å². The summed E-state index contributed by atoms with van der Waals surface area (Å²) in [5, 5.41) is 2.60. The van der Waals surface area contributed by atoms with Gasteiger partial charge in [-0.15, -0.1) is 0 Å². The van der Waals surface area contributed by atoms with Crippen LogP contribution in [0.4, 0.5) is 5.69 Å².